The molecule has 3 amide bonds. The second kappa shape index (κ2) is 12.9. The van der Waals surface area contributed by atoms with Crippen LogP contribution in [0.3, 0.4) is 0 Å². The molecule has 0 aliphatic carbocycles. The molecule has 9 nitrogen and oxygen atoms in total. The summed E-state index contributed by atoms with van der Waals surface area (Å²) in [6.07, 6.45) is -2.25. The van der Waals surface area contributed by atoms with Crippen molar-refractivity contribution in [2.24, 2.45) is 16.8 Å². The first-order valence-corrected chi connectivity index (χ1v) is 14.2. The van der Waals surface area contributed by atoms with E-state index < -0.39 is 41.4 Å². The highest BCUT2D eigenvalue weighted by Gasteiger charge is 2.43. The number of hydrogen-bond acceptors (Lipinski definition) is 6. The molecule has 43 heavy (non-hydrogen) atoms. The smallest absolute Gasteiger partial charge is 0.414 e. The van der Waals surface area contributed by atoms with Gasteiger partial charge in [-0.1, -0.05) is 19.9 Å². The van der Waals surface area contributed by atoms with E-state index in [0.717, 1.165) is 0 Å². The lowest BCUT2D eigenvalue weighted by atomic mass is 9.95. The fraction of sp³-hybridized carbons (Fsp3) is 0.533. The number of nitrogens with one attached hydrogen (secondary N) is 1. The van der Waals surface area contributed by atoms with Gasteiger partial charge in [0.15, 0.2) is 0 Å². The van der Waals surface area contributed by atoms with Gasteiger partial charge in [-0.25, -0.2) is 14.2 Å². The van der Waals surface area contributed by atoms with E-state index in [1.807, 2.05) is 39.6 Å². The molecule has 0 aromatic heterocycles. The number of aliphatic imine (C=N–C) groups is 1. The minimum absolute atomic E-state index is 0.0571. The Morgan fingerprint density at radius 3 is 2.47 bits per heavy atom. The van der Waals surface area contributed by atoms with Gasteiger partial charge >= 0.3 is 12.3 Å². The van der Waals surface area contributed by atoms with Crippen molar-refractivity contribution in [3.8, 4) is 0 Å². The normalized spacial score (nSPS) is 23.3. The number of likely N-dealkylation sites (N-methyl/N-ethyl adjacent to an activating group) is 1. The van der Waals surface area contributed by atoms with Crippen LogP contribution in [-0.4, -0.2) is 92.0 Å². The summed E-state index contributed by atoms with van der Waals surface area (Å²) >= 11 is 0. The van der Waals surface area contributed by atoms with Crippen molar-refractivity contribution in [3.63, 3.8) is 0 Å². The topological polar surface area (TPSA) is 94.5 Å². The fourth-order valence-electron chi connectivity index (χ4n) is 5.36. The summed E-state index contributed by atoms with van der Waals surface area (Å²) in [5.74, 6) is -4.51. The summed E-state index contributed by atoms with van der Waals surface area (Å²) in [7, 11) is 1.97. The van der Waals surface area contributed by atoms with Crippen molar-refractivity contribution in [2.75, 3.05) is 50.1 Å². The minimum atomic E-state index is -4.94. The Bertz CT molecular complexity index is 1340. The van der Waals surface area contributed by atoms with Crippen LogP contribution in [0.15, 0.2) is 34.9 Å². The molecule has 3 atom stereocenters. The highest BCUT2D eigenvalue weighted by atomic mass is 19.4. The molecule has 1 aromatic rings. The molecule has 3 heterocycles. The van der Waals surface area contributed by atoms with E-state index >= 15 is 4.39 Å². The summed E-state index contributed by atoms with van der Waals surface area (Å²) in [6.45, 7) is 9.46. The molecule has 1 N–H and O–H groups in total. The van der Waals surface area contributed by atoms with Crippen molar-refractivity contribution in [3.05, 3.63) is 41.2 Å². The molecule has 1 fully saturated rings. The van der Waals surface area contributed by atoms with E-state index in [4.69, 9.17) is 4.74 Å². The van der Waals surface area contributed by atoms with Crippen molar-refractivity contribution in [1.82, 2.24) is 9.80 Å². The van der Waals surface area contributed by atoms with Gasteiger partial charge in [-0.2, -0.15) is 13.2 Å². The molecule has 1 saturated heterocycles. The number of alkyl halides is 3. The quantitative estimate of drug-likeness (QED) is 0.463. The van der Waals surface area contributed by atoms with E-state index in [9.17, 15) is 27.6 Å². The number of halogens is 4. The van der Waals surface area contributed by atoms with Crippen LogP contribution in [0.4, 0.5) is 33.7 Å². The Hall–Kier alpha value is -3.74. The van der Waals surface area contributed by atoms with E-state index in [2.05, 4.69) is 15.2 Å². The number of ether oxygens (including phenoxy) is 1. The molecule has 0 bridgehead atoms. The molecule has 0 saturated carbocycles. The first-order chi connectivity index (χ1) is 20.1. The lowest BCUT2D eigenvalue weighted by Crippen LogP contribution is -2.55. The molecule has 13 heteroatoms. The fourth-order valence-corrected chi connectivity index (χ4v) is 5.36. The molecule has 0 radical (unpaired) electrons. The first-order valence-electron chi connectivity index (χ1n) is 14.2. The number of carbonyl (C=O) groups excluding carboxylic acids is 3. The molecule has 234 valence electrons. The van der Waals surface area contributed by atoms with Gasteiger partial charge in [0.2, 0.25) is 5.91 Å². The van der Waals surface area contributed by atoms with Gasteiger partial charge in [0.05, 0.1) is 23.6 Å². The van der Waals surface area contributed by atoms with Gasteiger partial charge in [-0.3, -0.25) is 14.5 Å². The highest BCUT2D eigenvalue weighted by molar-refractivity contribution is 6.11. The summed E-state index contributed by atoms with van der Waals surface area (Å²) in [6, 6.07) is 2.80. The SMILES string of the molecule is CC(C)COC(=O)N1CCC=C(c2cc(NC(=O)C3C=NC(=O)C=C3C(F)(F)F)c(N3C[C@@H](C)N(C)[C@@H](C)C3)cc2F)C1. The maximum Gasteiger partial charge on any atom is 0.414 e. The maximum atomic E-state index is 15.8. The van der Waals surface area contributed by atoms with Gasteiger partial charge in [0.25, 0.3) is 5.91 Å². The van der Waals surface area contributed by atoms with Crippen molar-refractivity contribution >= 4 is 41.1 Å². The third-order valence-corrected chi connectivity index (χ3v) is 7.91. The number of benzene rings is 1. The Kier molecular flexibility index (Phi) is 9.63. The number of nitrogens with zero attached hydrogens (tertiary/aromatic N) is 4. The van der Waals surface area contributed by atoms with Crippen LogP contribution in [0, 0.1) is 17.7 Å². The summed E-state index contributed by atoms with van der Waals surface area (Å²) in [5.41, 5.74) is -0.325. The Balaban J connectivity index is 1.70. The maximum absolute atomic E-state index is 15.8. The standard InChI is InChI=1S/C30H37F4N5O4/c1-17(2)16-43-29(42)38-8-6-7-20(15-38)21-9-25(26(11-24(21)31)39-13-18(3)37(5)19(4)14-39)36-28(41)22-12-35-27(40)10-23(22)30(32,33)34/h7,9-12,17-19,22H,6,8,13-16H2,1-5H3,(H,36,41)/t18-,19+,22?. The summed E-state index contributed by atoms with van der Waals surface area (Å²) in [4.78, 5) is 46.5. The van der Waals surface area contributed by atoms with Crippen LogP contribution in [0.1, 0.15) is 39.7 Å². The number of piperazine rings is 1. The van der Waals surface area contributed by atoms with Crippen LogP contribution in [0.2, 0.25) is 0 Å². The Morgan fingerprint density at radius 1 is 1.16 bits per heavy atom. The number of dihydropyridines is 1. The van der Waals surface area contributed by atoms with E-state index in [1.165, 1.54) is 17.0 Å². The number of anilines is 2. The van der Waals surface area contributed by atoms with Crippen LogP contribution >= 0.6 is 0 Å². The third kappa shape index (κ3) is 7.43. The van der Waals surface area contributed by atoms with Crippen molar-refractivity contribution in [1.29, 1.82) is 0 Å². The molecule has 1 aromatic carbocycles. The summed E-state index contributed by atoms with van der Waals surface area (Å²) < 4.78 is 62.4. The average molecular weight is 608 g/mol. The summed E-state index contributed by atoms with van der Waals surface area (Å²) in [5, 5.41) is 2.57. The lowest BCUT2D eigenvalue weighted by molar-refractivity contribution is -0.124. The van der Waals surface area contributed by atoms with E-state index in [-0.39, 0.29) is 42.4 Å². The Morgan fingerprint density at radius 2 is 1.84 bits per heavy atom. The highest BCUT2D eigenvalue weighted by Crippen LogP contribution is 2.37. The van der Waals surface area contributed by atoms with Crippen LogP contribution in [0.25, 0.3) is 5.57 Å². The Labute approximate surface area is 248 Å². The zero-order valence-corrected chi connectivity index (χ0v) is 24.9. The molecular weight excluding hydrogens is 570 g/mol. The minimum Gasteiger partial charge on any atom is -0.449 e. The van der Waals surface area contributed by atoms with Crippen molar-refractivity contribution in [2.45, 2.75) is 52.4 Å². The number of hydrogen-bond donors (Lipinski definition) is 1. The van der Waals surface area contributed by atoms with Crippen LogP contribution in [0.5, 0.6) is 0 Å². The third-order valence-electron chi connectivity index (χ3n) is 7.91. The molecule has 3 aliphatic heterocycles. The monoisotopic (exact) mass is 607 g/mol. The van der Waals surface area contributed by atoms with Gasteiger partial charge < -0.3 is 19.9 Å². The zero-order chi connectivity index (χ0) is 31.6. The molecule has 0 spiro atoms. The largest absolute Gasteiger partial charge is 0.449 e. The zero-order valence-electron chi connectivity index (χ0n) is 24.9. The van der Waals surface area contributed by atoms with Gasteiger partial charge in [0.1, 0.15) is 11.7 Å². The van der Waals surface area contributed by atoms with Gasteiger partial charge in [0, 0.05) is 56.1 Å². The van der Waals surface area contributed by atoms with Gasteiger partial charge in [-0.05, 0) is 50.9 Å². The first kappa shape index (κ1) is 32.2. The lowest BCUT2D eigenvalue weighted by Gasteiger charge is -2.44. The van der Waals surface area contributed by atoms with Crippen LogP contribution in [-0.2, 0) is 14.3 Å². The predicted octanol–water partition coefficient (Wildman–Crippen LogP) is 4.89. The van der Waals surface area contributed by atoms with Crippen molar-refractivity contribution < 1.29 is 36.7 Å². The molecule has 3 aliphatic rings. The van der Waals surface area contributed by atoms with Gasteiger partial charge in [-0.15, -0.1) is 0 Å². The number of carbonyl (C=O) groups is 3. The van der Waals surface area contributed by atoms with E-state index in [0.29, 0.717) is 49.6 Å². The molecule has 4 rings (SSSR count). The average Bonchev–Trinajstić information content (AvgIpc) is 2.94. The number of amides is 3. The second-order valence-electron chi connectivity index (χ2n) is 11.7. The van der Waals surface area contributed by atoms with Crippen LogP contribution < -0.4 is 10.2 Å². The molecule has 1 unspecified atom stereocenters. The number of rotatable bonds is 6. The predicted molar refractivity (Wildman–Crippen MR) is 155 cm³/mol. The molecular formula is C30H37F4N5O4. The second-order valence-corrected chi connectivity index (χ2v) is 11.7. The van der Waals surface area contributed by atoms with E-state index in [1.54, 1.807) is 6.08 Å².